The Morgan fingerprint density at radius 3 is 2.41 bits per heavy atom. The van der Waals surface area contributed by atoms with Gasteiger partial charge in [0.05, 0.1) is 25.0 Å². The first-order valence-corrected chi connectivity index (χ1v) is 19.3. The molecule has 9 nitrogen and oxygen atoms in total. The molecule has 0 radical (unpaired) electrons. The highest BCUT2D eigenvalue weighted by Crippen LogP contribution is 2.42. The van der Waals surface area contributed by atoms with Gasteiger partial charge in [-0.1, -0.05) is 61.5 Å². The molecule has 1 heterocycles. The van der Waals surface area contributed by atoms with E-state index in [4.69, 9.17) is 9.47 Å². The Morgan fingerprint density at radius 2 is 1.70 bits per heavy atom. The minimum Gasteiger partial charge on any atom is -0.497 e. The Kier molecular flexibility index (Phi) is 12.5. The maximum atomic E-state index is 13.8. The van der Waals surface area contributed by atoms with Gasteiger partial charge < -0.3 is 25.4 Å². The van der Waals surface area contributed by atoms with E-state index in [0.717, 1.165) is 34.6 Å². The van der Waals surface area contributed by atoms with Gasteiger partial charge in [0, 0.05) is 26.6 Å². The molecule has 4 aromatic carbocycles. The summed E-state index contributed by atoms with van der Waals surface area (Å²) >= 11 is 2.88. The Balaban J connectivity index is 1.18. The SMILES string of the molecule is CCC(Sc1cccc(NC(=O)/C(=C\c2cc(OC)ccc2OC)NC(=O)c2ccccc2)c1)C(=O)Nc1sc2c(c1C#N)CCC(c1ccccc1)C2. The first-order valence-electron chi connectivity index (χ1n) is 17.6. The van der Waals surface area contributed by atoms with Crippen molar-refractivity contribution in [3.63, 3.8) is 0 Å². The molecule has 0 saturated carbocycles. The molecule has 54 heavy (non-hydrogen) atoms. The van der Waals surface area contributed by atoms with E-state index in [1.807, 2.05) is 19.1 Å². The summed E-state index contributed by atoms with van der Waals surface area (Å²) in [5.74, 6) is 0.217. The molecule has 0 saturated heterocycles. The zero-order valence-electron chi connectivity index (χ0n) is 30.2. The third kappa shape index (κ3) is 9.02. The highest BCUT2D eigenvalue weighted by molar-refractivity contribution is 8.00. The molecule has 3 N–H and O–H groups in total. The molecule has 1 aliphatic carbocycles. The lowest BCUT2D eigenvalue weighted by Gasteiger charge is -2.22. The predicted octanol–water partition coefficient (Wildman–Crippen LogP) is 8.83. The number of benzene rings is 4. The molecule has 5 aromatic rings. The molecule has 1 aliphatic rings. The molecule has 0 spiro atoms. The molecule has 0 aliphatic heterocycles. The Labute approximate surface area is 323 Å². The van der Waals surface area contributed by atoms with Crippen LogP contribution in [0.4, 0.5) is 10.7 Å². The van der Waals surface area contributed by atoms with Crippen LogP contribution in [0.2, 0.25) is 0 Å². The minimum atomic E-state index is -0.559. The van der Waals surface area contributed by atoms with Crippen LogP contribution < -0.4 is 25.4 Å². The number of nitrogens with zero attached hydrogens (tertiary/aromatic N) is 1. The molecule has 274 valence electrons. The van der Waals surface area contributed by atoms with Crippen LogP contribution in [0.15, 0.2) is 114 Å². The van der Waals surface area contributed by atoms with E-state index in [-0.39, 0.29) is 11.6 Å². The number of amides is 3. The van der Waals surface area contributed by atoms with Gasteiger partial charge in [-0.2, -0.15) is 5.26 Å². The number of methoxy groups -OCH3 is 2. The monoisotopic (exact) mass is 756 g/mol. The van der Waals surface area contributed by atoms with Crippen molar-refractivity contribution in [3.05, 3.63) is 142 Å². The molecule has 2 unspecified atom stereocenters. The van der Waals surface area contributed by atoms with Gasteiger partial charge in [0.15, 0.2) is 0 Å². The summed E-state index contributed by atoms with van der Waals surface area (Å²) < 4.78 is 10.9. The van der Waals surface area contributed by atoms with Crippen LogP contribution in [-0.2, 0) is 22.4 Å². The Hall–Kier alpha value is -5.83. The number of nitrogens with one attached hydrogen (secondary N) is 3. The van der Waals surface area contributed by atoms with Crippen molar-refractivity contribution in [2.24, 2.45) is 0 Å². The van der Waals surface area contributed by atoms with E-state index in [2.05, 4.69) is 46.3 Å². The summed E-state index contributed by atoms with van der Waals surface area (Å²) in [6.07, 6.45) is 4.68. The van der Waals surface area contributed by atoms with E-state index in [9.17, 15) is 19.6 Å². The summed E-state index contributed by atoms with van der Waals surface area (Å²) in [5.41, 5.74) is 4.28. The number of hydrogen-bond donors (Lipinski definition) is 3. The number of carbonyl (C=O) groups excluding carboxylic acids is 3. The van der Waals surface area contributed by atoms with Gasteiger partial charge >= 0.3 is 0 Å². The first kappa shape index (κ1) is 37.9. The fraction of sp³-hybridized carbons (Fsp3) is 0.209. The number of rotatable bonds is 13. The van der Waals surface area contributed by atoms with E-state index in [1.165, 1.54) is 49.0 Å². The summed E-state index contributed by atoms with van der Waals surface area (Å²) in [7, 11) is 3.06. The van der Waals surface area contributed by atoms with E-state index >= 15 is 0 Å². The number of anilines is 2. The number of nitriles is 1. The van der Waals surface area contributed by atoms with E-state index in [0.29, 0.717) is 51.2 Å². The molecule has 0 bridgehead atoms. The molecular weight excluding hydrogens is 717 g/mol. The summed E-state index contributed by atoms with van der Waals surface area (Å²) in [6.45, 7) is 1.94. The highest BCUT2D eigenvalue weighted by atomic mass is 32.2. The van der Waals surface area contributed by atoms with Crippen LogP contribution >= 0.6 is 23.1 Å². The van der Waals surface area contributed by atoms with Crippen LogP contribution in [0.3, 0.4) is 0 Å². The molecule has 2 atom stereocenters. The van der Waals surface area contributed by atoms with Crippen molar-refractivity contribution in [1.82, 2.24) is 5.32 Å². The topological polar surface area (TPSA) is 130 Å². The van der Waals surface area contributed by atoms with Crippen molar-refractivity contribution < 1.29 is 23.9 Å². The van der Waals surface area contributed by atoms with Crippen molar-refractivity contribution in [2.75, 3.05) is 24.9 Å². The standard InChI is InChI=1S/C43H40N4O5S2/c1-4-38(42(50)47-43-35(26-44)34-20-18-29(24-39(34)54-43)27-12-7-5-8-13-27)53-33-17-11-16-31(25-33)45-41(49)36(46-40(48)28-14-9-6-10-15-28)23-30-22-32(51-2)19-21-37(30)52-3/h5-17,19,21-23,25,29,38H,4,18,20,24H2,1-3H3,(H,45,49)(H,46,48)(H,47,50)/b36-23+. The summed E-state index contributed by atoms with van der Waals surface area (Å²) in [4.78, 5) is 42.6. The van der Waals surface area contributed by atoms with E-state index < -0.39 is 17.1 Å². The van der Waals surface area contributed by atoms with Crippen molar-refractivity contribution in [2.45, 2.75) is 48.7 Å². The number of ether oxygens (including phenoxy) is 2. The maximum absolute atomic E-state index is 13.8. The largest absolute Gasteiger partial charge is 0.497 e. The molecule has 0 fully saturated rings. The number of thioether (sulfide) groups is 1. The number of carbonyl (C=O) groups is 3. The number of fused-ring (bicyclic) bond motifs is 1. The number of hydrogen-bond acceptors (Lipinski definition) is 8. The Morgan fingerprint density at radius 1 is 0.944 bits per heavy atom. The number of thiophene rings is 1. The van der Waals surface area contributed by atoms with Gasteiger partial charge in [-0.15, -0.1) is 23.1 Å². The molecule has 6 rings (SSSR count). The van der Waals surface area contributed by atoms with Gasteiger partial charge in [0.1, 0.15) is 28.3 Å². The van der Waals surface area contributed by atoms with Gasteiger partial charge in [-0.05, 0) is 97.3 Å². The molecular formula is C43H40N4O5S2. The highest BCUT2D eigenvalue weighted by Gasteiger charge is 2.29. The first-order chi connectivity index (χ1) is 26.3. The lowest BCUT2D eigenvalue weighted by atomic mass is 9.83. The lowest BCUT2D eigenvalue weighted by molar-refractivity contribution is -0.116. The average molecular weight is 757 g/mol. The molecule has 1 aromatic heterocycles. The van der Waals surface area contributed by atoms with Gasteiger partial charge in [-0.25, -0.2) is 0 Å². The van der Waals surface area contributed by atoms with Crippen LogP contribution in [0.5, 0.6) is 11.5 Å². The van der Waals surface area contributed by atoms with Crippen LogP contribution in [0, 0.1) is 11.3 Å². The minimum absolute atomic E-state index is 0.0127. The van der Waals surface area contributed by atoms with Crippen LogP contribution in [0.1, 0.15) is 63.2 Å². The zero-order chi connectivity index (χ0) is 38.0. The average Bonchev–Trinajstić information content (AvgIpc) is 3.56. The smallest absolute Gasteiger partial charge is 0.272 e. The zero-order valence-corrected chi connectivity index (χ0v) is 31.8. The van der Waals surface area contributed by atoms with Gasteiger partial charge in [0.25, 0.3) is 11.8 Å². The van der Waals surface area contributed by atoms with Crippen molar-refractivity contribution in [3.8, 4) is 17.6 Å². The second-order valence-corrected chi connectivity index (χ2v) is 15.0. The van der Waals surface area contributed by atoms with Crippen LogP contribution in [-0.4, -0.2) is 37.2 Å². The van der Waals surface area contributed by atoms with Gasteiger partial charge in [0.2, 0.25) is 5.91 Å². The second kappa shape index (κ2) is 17.8. The third-order valence-corrected chi connectivity index (χ3v) is 11.7. The third-order valence-electron chi connectivity index (χ3n) is 9.18. The summed E-state index contributed by atoms with van der Waals surface area (Å²) in [6, 6.07) is 33.8. The van der Waals surface area contributed by atoms with Crippen molar-refractivity contribution in [1.29, 1.82) is 5.26 Å². The van der Waals surface area contributed by atoms with Crippen molar-refractivity contribution >= 4 is 57.6 Å². The fourth-order valence-corrected chi connectivity index (χ4v) is 8.67. The van der Waals surface area contributed by atoms with Gasteiger partial charge in [-0.3, -0.25) is 14.4 Å². The quantitative estimate of drug-likeness (QED) is 0.0809. The second-order valence-electron chi connectivity index (χ2n) is 12.6. The van der Waals surface area contributed by atoms with Crippen LogP contribution in [0.25, 0.3) is 6.08 Å². The molecule has 3 amide bonds. The predicted molar refractivity (Wildman–Crippen MR) is 215 cm³/mol. The van der Waals surface area contributed by atoms with E-state index in [1.54, 1.807) is 66.7 Å². The Bertz CT molecular complexity index is 2210. The summed E-state index contributed by atoms with van der Waals surface area (Å²) in [5, 5.41) is 19.0. The normalized spacial score (nSPS) is 14.2. The fourth-order valence-electron chi connectivity index (χ4n) is 6.38. The lowest BCUT2D eigenvalue weighted by Crippen LogP contribution is -2.30. The molecule has 11 heteroatoms. The maximum Gasteiger partial charge on any atom is 0.272 e.